The van der Waals surface area contributed by atoms with E-state index in [4.69, 9.17) is 5.26 Å². The standard InChI is InChI=1S/C17H16N2/c1-13-11-16(9-8-15(13)12-18)19-10-4-6-14-5-2-3-7-17(14)19/h2-3,5,7-9,11H,4,6,10H2,1H3. The second-order valence-electron chi connectivity index (χ2n) is 4.99. The van der Waals surface area contributed by atoms with Crippen LogP contribution in [0, 0.1) is 18.3 Å². The second-order valence-corrected chi connectivity index (χ2v) is 4.99. The fraction of sp³-hybridized carbons (Fsp3) is 0.235. The summed E-state index contributed by atoms with van der Waals surface area (Å²) in [6.07, 6.45) is 2.33. The number of nitrogens with zero attached hydrogens (tertiary/aromatic N) is 2. The third-order valence-electron chi connectivity index (χ3n) is 3.75. The fourth-order valence-corrected chi connectivity index (χ4v) is 2.74. The maximum Gasteiger partial charge on any atom is 0.0994 e. The van der Waals surface area contributed by atoms with Crippen LogP contribution >= 0.6 is 0 Å². The molecule has 2 aromatic rings. The van der Waals surface area contributed by atoms with Crippen LogP contribution in [0.1, 0.15) is 23.1 Å². The Kier molecular flexibility index (Phi) is 2.97. The minimum Gasteiger partial charge on any atom is -0.341 e. The number of para-hydroxylation sites is 1. The van der Waals surface area contributed by atoms with Gasteiger partial charge in [0.15, 0.2) is 0 Å². The van der Waals surface area contributed by atoms with Gasteiger partial charge in [-0.3, -0.25) is 0 Å². The molecule has 2 nitrogen and oxygen atoms in total. The van der Waals surface area contributed by atoms with E-state index in [2.05, 4.69) is 41.3 Å². The number of benzene rings is 2. The summed E-state index contributed by atoms with van der Waals surface area (Å²) >= 11 is 0. The lowest BCUT2D eigenvalue weighted by Crippen LogP contribution is -2.24. The van der Waals surface area contributed by atoms with E-state index in [1.807, 2.05) is 19.1 Å². The van der Waals surface area contributed by atoms with E-state index in [0.717, 1.165) is 24.1 Å². The topological polar surface area (TPSA) is 27.0 Å². The van der Waals surface area contributed by atoms with Crippen molar-refractivity contribution in [2.75, 3.05) is 11.4 Å². The minimum absolute atomic E-state index is 0.758. The van der Waals surface area contributed by atoms with Gasteiger partial charge in [-0.2, -0.15) is 5.26 Å². The number of hydrogen-bond donors (Lipinski definition) is 0. The molecule has 1 aliphatic rings. The van der Waals surface area contributed by atoms with Gasteiger partial charge >= 0.3 is 0 Å². The Morgan fingerprint density at radius 1 is 1.16 bits per heavy atom. The quantitative estimate of drug-likeness (QED) is 0.764. The molecule has 0 saturated carbocycles. The van der Waals surface area contributed by atoms with Crippen molar-refractivity contribution in [2.45, 2.75) is 19.8 Å². The molecule has 2 heteroatoms. The molecule has 0 aliphatic carbocycles. The van der Waals surface area contributed by atoms with Crippen molar-refractivity contribution in [3.8, 4) is 6.07 Å². The van der Waals surface area contributed by atoms with Gasteiger partial charge in [-0.25, -0.2) is 0 Å². The molecular weight excluding hydrogens is 232 g/mol. The van der Waals surface area contributed by atoms with E-state index < -0.39 is 0 Å². The molecule has 19 heavy (non-hydrogen) atoms. The van der Waals surface area contributed by atoms with Gasteiger partial charge in [-0.05, 0) is 55.2 Å². The van der Waals surface area contributed by atoms with E-state index >= 15 is 0 Å². The number of rotatable bonds is 1. The zero-order valence-electron chi connectivity index (χ0n) is 11.1. The molecule has 3 rings (SSSR count). The van der Waals surface area contributed by atoms with Gasteiger partial charge in [0.2, 0.25) is 0 Å². The van der Waals surface area contributed by atoms with E-state index in [1.165, 1.54) is 23.4 Å². The van der Waals surface area contributed by atoms with Crippen LogP contribution in [0.15, 0.2) is 42.5 Å². The van der Waals surface area contributed by atoms with Crippen molar-refractivity contribution in [1.29, 1.82) is 5.26 Å². The summed E-state index contributed by atoms with van der Waals surface area (Å²) in [4.78, 5) is 2.35. The van der Waals surface area contributed by atoms with Crippen LogP contribution in [0.3, 0.4) is 0 Å². The largest absolute Gasteiger partial charge is 0.341 e. The number of anilines is 2. The van der Waals surface area contributed by atoms with Gasteiger partial charge in [0.25, 0.3) is 0 Å². The molecule has 94 valence electrons. The summed E-state index contributed by atoms with van der Waals surface area (Å²) in [5.41, 5.74) is 5.70. The highest BCUT2D eigenvalue weighted by Crippen LogP contribution is 2.33. The third-order valence-corrected chi connectivity index (χ3v) is 3.75. The van der Waals surface area contributed by atoms with Gasteiger partial charge in [0.1, 0.15) is 0 Å². The lowest BCUT2D eigenvalue weighted by molar-refractivity contribution is 0.766. The molecule has 2 aromatic carbocycles. The summed E-state index contributed by atoms with van der Waals surface area (Å²) in [5.74, 6) is 0. The number of fused-ring (bicyclic) bond motifs is 1. The first-order chi connectivity index (χ1) is 9.29. The molecule has 1 heterocycles. The van der Waals surface area contributed by atoms with Crippen molar-refractivity contribution in [3.63, 3.8) is 0 Å². The summed E-state index contributed by atoms with van der Waals surface area (Å²) in [6.45, 7) is 3.04. The first kappa shape index (κ1) is 11.8. The number of aryl methyl sites for hydroxylation is 2. The third kappa shape index (κ3) is 2.08. The van der Waals surface area contributed by atoms with Gasteiger partial charge in [0, 0.05) is 17.9 Å². The Morgan fingerprint density at radius 3 is 2.79 bits per heavy atom. The second kappa shape index (κ2) is 4.78. The van der Waals surface area contributed by atoms with Gasteiger partial charge in [0.05, 0.1) is 11.6 Å². The molecule has 0 bridgehead atoms. The van der Waals surface area contributed by atoms with Crippen LogP contribution in [-0.2, 0) is 6.42 Å². The van der Waals surface area contributed by atoms with Crippen molar-refractivity contribution >= 4 is 11.4 Å². The predicted molar refractivity (Wildman–Crippen MR) is 77.7 cm³/mol. The molecule has 0 atom stereocenters. The van der Waals surface area contributed by atoms with E-state index in [9.17, 15) is 0 Å². The predicted octanol–water partition coefficient (Wildman–Crippen LogP) is 3.95. The Labute approximate surface area is 113 Å². The molecule has 0 saturated heterocycles. The smallest absolute Gasteiger partial charge is 0.0994 e. The number of nitriles is 1. The first-order valence-corrected chi connectivity index (χ1v) is 6.66. The molecule has 0 radical (unpaired) electrons. The molecule has 0 amide bonds. The molecule has 0 fully saturated rings. The van der Waals surface area contributed by atoms with Crippen LogP contribution in [0.25, 0.3) is 0 Å². The molecule has 0 N–H and O–H groups in total. The van der Waals surface area contributed by atoms with Crippen LogP contribution in [0.2, 0.25) is 0 Å². The highest BCUT2D eigenvalue weighted by molar-refractivity contribution is 5.69. The summed E-state index contributed by atoms with van der Waals surface area (Å²) in [5, 5.41) is 9.01. The monoisotopic (exact) mass is 248 g/mol. The maximum atomic E-state index is 9.01. The summed E-state index contributed by atoms with van der Waals surface area (Å²) in [6, 6.07) is 16.9. The van der Waals surface area contributed by atoms with Crippen LogP contribution in [0.5, 0.6) is 0 Å². The molecule has 0 aromatic heterocycles. The molecule has 0 spiro atoms. The molecule has 1 aliphatic heterocycles. The van der Waals surface area contributed by atoms with Gasteiger partial charge < -0.3 is 4.90 Å². The lowest BCUT2D eigenvalue weighted by atomic mass is 10.00. The van der Waals surface area contributed by atoms with E-state index in [1.54, 1.807) is 0 Å². The van der Waals surface area contributed by atoms with Gasteiger partial charge in [-0.1, -0.05) is 18.2 Å². The first-order valence-electron chi connectivity index (χ1n) is 6.66. The summed E-state index contributed by atoms with van der Waals surface area (Å²) in [7, 11) is 0. The van der Waals surface area contributed by atoms with Crippen molar-refractivity contribution in [1.82, 2.24) is 0 Å². The van der Waals surface area contributed by atoms with Crippen molar-refractivity contribution in [3.05, 3.63) is 59.2 Å². The van der Waals surface area contributed by atoms with E-state index in [0.29, 0.717) is 0 Å². The summed E-state index contributed by atoms with van der Waals surface area (Å²) < 4.78 is 0. The van der Waals surface area contributed by atoms with Crippen LogP contribution < -0.4 is 4.90 Å². The average molecular weight is 248 g/mol. The zero-order valence-corrected chi connectivity index (χ0v) is 11.1. The SMILES string of the molecule is Cc1cc(N2CCCc3ccccc32)ccc1C#N. The van der Waals surface area contributed by atoms with Crippen molar-refractivity contribution < 1.29 is 0 Å². The Hall–Kier alpha value is -2.27. The molecule has 0 unspecified atom stereocenters. The number of hydrogen-bond acceptors (Lipinski definition) is 2. The highest BCUT2D eigenvalue weighted by Gasteiger charge is 2.17. The normalized spacial score (nSPS) is 13.8. The molecular formula is C17H16N2. The highest BCUT2D eigenvalue weighted by atomic mass is 15.1. The van der Waals surface area contributed by atoms with Gasteiger partial charge in [-0.15, -0.1) is 0 Å². The Morgan fingerprint density at radius 2 is 2.00 bits per heavy atom. The Bertz CT molecular complexity index is 653. The Balaban J connectivity index is 2.05. The van der Waals surface area contributed by atoms with Crippen LogP contribution in [0.4, 0.5) is 11.4 Å². The fourth-order valence-electron chi connectivity index (χ4n) is 2.74. The zero-order chi connectivity index (χ0) is 13.2. The lowest BCUT2D eigenvalue weighted by Gasteiger charge is -2.31. The minimum atomic E-state index is 0.758. The van der Waals surface area contributed by atoms with E-state index in [-0.39, 0.29) is 0 Å². The average Bonchev–Trinajstić information content (AvgIpc) is 2.46. The van der Waals surface area contributed by atoms with Crippen molar-refractivity contribution in [2.24, 2.45) is 0 Å². The van der Waals surface area contributed by atoms with Crippen LogP contribution in [-0.4, -0.2) is 6.54 Å². The maximum absolute atomic E-state index is 9.01.